The molecule has 0 radical (unpaired) electrons. The van der Waals surface area contributed by atoms with Crippen LogP contribution in [0.2, 0.25) is 0 Å². The smallest absolute Gasteiger partial charge is 0.225 e. The fourth-order valence-electron chi connectivity index (χ4n) is 3.14. The zero-order valence-electron chi connectivity index (χ0n) is 16.1. The van der Waals surface area contributed by atoms with Crippen LogP contribution in [-0.2, 0) is 11.2 Å². The highest BCUT2D eigenvalue weighted by atomic mass is 32.1. The second kappa shape index (κ2) is 8.99. The molecule has 2 aromatic rings. The van der Waals surface area contributed by atoms with E-state index >= 15 is 0 Å². The number of nitrogens with zero attached hydrogens (tertiary/aromatic N) is 2. The fourth-order valence-corrected chi connectivity index (χ4v) is 4.01. The van der Waals surface area contributed by atoms with E-state index in [1.807, 2.05) is 18.2 Å². The molecule has 1 aliphatic heterocycles. The highest BCUT2D eigenvalue weighted by molar-refractivity contribution is 7.09. The van der Waals surface area contributed by atoms with Gasteiger partial charge >= 0.3 is 0 Å². The standard InChI is InChI=1S/C20H27N5OS/c1-13(2)19-24-15(12-27-19)8-9-22-20(21-3)23-11-14-10-18(26)25-17-7-5-4-6-16(14)17/h4-7,12-14H,8-11H2,1-3H3,(H,25,26)(H2,21,22,23). The molecule has 1 aromatic carbocycles. The molecule has 0 bridgehead atoms. The van der Waals surface area contributed by atoms with Gasteiger partial charge in [0.1, 0.15) is 0 Å². The third kappa shape index (κ3) is 5.07. The number of benzene rings is 1. The molecule has 0 fully saturated rings. The van der Waals surface area contributed by atoms with Gasteiger partial charge in [-0.1, -0.05) is 32.0 Å². The van der Waals surface area contributed by atoms with Crippen LogP contribution in [0.5, 0.6) is 0 Å². The monoisotopic (exact) mass is 385 g/mol. The van der Waals surface area contributed by atoms with E-state index in [1.165, 1.54) is 10.6 Å². The molecule has 0 spiro atoms. The number of fused-ring (bicyclic) bond motifs is 1. The predicted molar refractivity (Wildman–Crippen MR) is 112 cm³/mol. The van der Waals surface area contributed by atoms with Crippen molar-refractivity contribution in [2.75, 3.05) is 25.5 Å². The van der Waals surface area contributed by atoms with Gasteiger partial charge in [0.15, 0.2) is 5.96 Å². The molecular weight excluding hydrogens is 358 g/mol. The van der Waals surface area contributed by atoms with Crippen molar-refractivity contribution in [1.82, 2.24) is 15.6 Å². The zero-order chi connectivity index (χ0) is 19.2. The van der Waals surface area contributed by atoms with E-state index in [1.54, 1.807) is 18.4 Å². The molecule has 0 saturated carbocycles. The van der Waals surface area contributed by atoms with E-state index in [4.69, 9.17) is 0 Å². The summed E-state index contributed by atoms with van der Waals surface area (Å²) < 4.78 is 0. The van der Waals surface area contributed by atoms with Crippen molar-refractivity contribution in [2.45, 2.75) is 38.5 Å². The Labute approximate surface area is 164 Å². The molecule has 2 heterocycles. The van der Waals surface area contributed by atoms with Crippen LogP contribution < -0.4 is 16.0 Å². The molecule has 1 aromatic heterocycles. The second-order valence-corrected chi connectivity index (χ2v) is 7.89. The van der Waals surface area contributed by atoms with Crippen LogP contribution >= 0.6 is 11.3 Å². The van der Waals surface area contributed by atoms with Gasteiger partial charge in [0.2, 0.25) is 5.91 Å². The van der Waals surface area contributed by atoms with Gasteiger partial charge < -0.3 is 16.0 Å². The number of hydrogen-bond donors (Lipinski definition) is 3. The number of amides is 1. The van der Waals surface area contributed by atoms with Crippen molar-refractivity contribution < 1.29 is 4.79 Å². The van der Waals surface area contributed by atoms with E-state index in [9.17, 15) is 4.79 Å². The lowest BCUT2D eigenvalue weighted by atomic mass is 9.90. The molecule has 6 nitrogen and oxygen atoms in total. The lowest BCUT2D eigenvalue weighted by Gasteiger charge is -2.26. The summed E-state index contributed by atoms with van der Waals surface area (Å²) in [6.07, 6.45) is 1.34. The van der Waals surface area contributed by atoms with Gasteiger partial charge in [0.05, 0.1) is 10.7 Å². The molecule has 1 aliphatic rings. The predicted octanol–water partition coefficient (Wildman–Crippen LogP) is 3.10. The van der Waals surface area contributed by atoms with Crippen molar-refractivity contribution in [2.24, 2.45) is 4.99 Å². The zero-order valence-corrected chi connectivity index (χ0v) is 16.9. The Morgan fingerprint density at radius 3 is 2.93 bits per heavy atom. The van der Waals surface area contributed by atoms with Gasteiger partial charge in [-0.3, -0.25) is 9.79 Å². The van der Waals surface area contributed by atoms with E-state index in [0.29, 0.717) is 18.9 Å². The van der Waals surface area contributed by atoms with Crippen molar-refractivity contribution in [1.29, 1.82) is 0 Å². The molecule has 3 rings (SSSR count). The third-order valence-electron chi connectivity index (χ3n) is 4.58. The Morgan fingerprint density at radius 2 is 2.19 bits per heavy atom. The Kier molecular flexibility index (Phi) is 6.45. The van der Waals surface area contributed by atoms with E-state index in [0.717, 1.165) is 30.3 Å². The summed E-state index contributed by atoms with van der Waals surface area (Å²) in [5, 5.41) is 12.9. The minimum absolute atomic E-state index is 0.0629. The number of hydrogen-bond acceptors (Lipinski definition) is 4. The van der Waals surface area contributed by atoms with Crippen LogP contribution in [0.3, 0.4) is 0 Å². The van der Waals surface area contributed by atoms with Crippen LogP contribution in [0.4, 0.5) is 5.69 Å². The van der Waals surface area contributed by atoms with Gasteiger partial charge in [-0.15, -0.1) is 11.3 Å². The normalized spacial score (nSPS) is 16.8. The summed E-state index contributed by atoms with van der Waals surface area (Å²) in [7, 11) is 1.76. The van der Waals surface area contributed by atoms with Gasteiger partial charge in [-0.25, -0.2) is 4.98 Å². The number of para-hydroxylation sites is 1. The Bertz CT molecular complexity index is 814. The van der Waals surface area contributed by atoms with Crippen LogP contribution in [0, 0.1) is 0 Å². The number of rotatable bonds is 6. The van der Waals surface area contributed by atoms with Crippen LogP contribution in [0.15, 0.2) is 34.6 Å². The molecule has 27 heavy (non-hydrogen) atoms. The van der Waals surface area contributed by atoms with Crippen molar-refractivity contribution in [3.63, 3.8) is 0 Å². The number of anilines is 1. The molecule has 0 saturated heterocycles. The third-order valence-corrected chi connectivity index (χ3v) is 5.78. The number of carbonyl (C=O) groups is 1. The molecule has 1 atom stereocenters. The Morgan fingerprint density at radius 1 is 1.37 bits per heavy atom. The average molecular weight is 386 g/mol. The molecule has 3 N–H and O–H groups in total. The number of aromatic nitrogens is 1. The van der Waals surface area contributed by atoms with Gasteiger partial charge in [0, 0.05) is 55.9 Å². The first kappa shape index (κ1) is 19.4. The summed E-state index contributed by atoms with van der Waals surface area (Å²) in [6.45, 7) is 5.76. The Balaban J connectivity index is 1.50. The van der Waals surface area contributed by atoms with E-state index in [2.05, 4.69) is 51.2 Å². The average Bonchev–Trinajstić information content (AvgIpc) is 3.13. The van der Waals surface area contributed by atoms with Crippen LogP contribution in [0.25, 0.3) is 0 Å². The fraction of sp³-hybridized carbons (Fsp3) is 0.450. The number of nitrogens with one attached hydrogen (secondary N) is 3. The highest BCUT2D eigenvalue weighted by Gasteiger charge is 2.24. The SMILES string of the molecule is CN=C(NCCc1csc(C(C)C)n1)NCC1CC(=O)Nc2ccccc21. The molecule has 144 valence electrons. The maximum absolute atomic E-state index is 11.9. The summed E-state index contributed by atoms with van der Waals surface area (Å²) in [6, 6.07) is 7.98. The first-order valence-corrected chi connectivity index (χ1v) is 10.2. The number of carbonyl (C=O) groups excluding carboxylic acids is 1. The first-order chi connectivity index (χ1) is 13.1. The second-order valence-electron chi connectivity index (χ2n) is 7.00. The minimum atomic E-state index is 0.0629. The summed E-state index contributed by atoms with van der Waals surface area (Å²) in [5.41, 5.74) is 3.20. The lowest BCUT2D eigenvalue weighted by molar-refractivity contribution is -0.116. The lowest BCUT2D eigenvalue weighted by Crippen LogP contribution is -2.41. The summed E-state index contributed by atoms with van der Waals surface area (Å²) in [5.74, 6) is 1.42. The van der Waals surface area contributed by atoms with Gasteiger partial charge in [-0.2, -0.15) is 0 Å². The molecule has 7 heteroatoms. The van der Waals surface area contributed by atoms with Crippen LogP contribution in [-0.4, -0.2) is 37.0 Å². The van der Waals surface area contributed by atoms with Crippen molar-refractivity contribution in [3.05, 3.63) is 45.9 Å². The highest BCUT2D eigenvalue weighted by Crippen LogP contribution is 2.31. The van der Waals surface area contributed by atoms with E-state index < -0.39 is 0 Å². The maximum atomic E-state index is 11.9. The minimum Gasteiger partial charge on any atom is -0.356 e. The van der Waals surface area contributed by atoms with Crippen molar-refractivity contribution >= 4 is 28.9 Å². The summed E-state index contributed by atoms with van der Waals surface area (Å²) in [4.78, 5) is 20.9. The number of guanidine groups is 1. The Hall–Kier alpha value is -2.41. The first-order valence-electron chi connectivity index (χ1n) is 9.34. The van der Waals surface area contributed by atoms with Crippen LogP contribution in [0.1, 0.15) is 48.4 Å². The molecule has 1 amide bonds. The number of thiazole rings is 1. The van der Waals surface area contributed by atoms with E-state index in [-0.39, 0.29) is 11.8 Å². The molecule has 0 aliphatic carbocycles. The maximum Gasteiger partial charge on any atom is 0.225 e. The van der Waals surface area contributed by atoms with Gasteiger partial charge in [0.25, 0.3) is 0 Å². The van der Waals surface area contributed by atoms with Gasteiger partial charge in [-0.05, 0) is 11.6 Å². The summed E-state index contributed by atoms with van der Waals surface area (Å²) >= 11 is 1.72. The van der Waals surface area contributed by atoms with Crippen molar-refractivity contribution in [3.8, 4) is 0 Å². The number of aliphatic imine (C=N–C) groups is 1. The molecular formula is C20H27N5OS. The largest absolute Gasteiger partial charge is 0.356 e. The quantitative estimate of drug-likeness (QED) is 0.527. The topological polar surface area (TPSA) is 78.4 Å². The molecule has 1 unspecified atom stereocenters.